The number of carbonyl (C=O) groups is 1. The van der Waals surface area contributed by atoms with Gasteiger partial charge in [0.15, 0.2) is 5.69 Å². The van der Waals surface area contributed by atoms with Crippen LogP contribution in [0.5, 0.6) is 0 Å². The van der Waals surface area contributed by atoms with Gasteiger partial charge in [-0.05, 0) is 18.1 Å². The molecule has 1 heterocycles. The first-order chi connectivity index (χ1) is 13.3. The van der Waals surface area contributed by atoms with E-state index in [0.717, 1.165) is 17.3 Å². The van der Waals surface area contributed by atoms with Crippen molar-refractivity contribution >= 4 is 27.3 Å². The van der Waals surface area contributed by atoms with Gasteiger partial charge in [0.05, 0.1) is 17.0 Å². The lowest BCUT2D eigenvalue weighted by Gasteiger charge is -2.08. The van der Waals surface area contributed by atoms with Gasteiger partial charge in [-0.1, -0.05) is 71.8 Å². The van der Waals surface area contributed by atoms with E-state index < -0.39 is 20.9 Å². The third kappa shape index (κ3) is 4.94. The van der Waals surface area contributed by atoms with Crippen LogP contribution in [0.4, 0.5) is 0 Å². The van der Waals surface area contributed by atoms with E-state index in [0.29, 0.717) is 5.56 Å². The smallest absolute Gasteiger partial charge is 0.271 e. The molecule has 0 aliphatic heterocycles. The van der Waals surface area contributed by atoms with Gasteiger partial charge < -0.3 is 5.32 Å². The van der Waals surface area contributed by atoms with Gasteiger partial charge in [-0.15, -0.1) is 0 Å². The first kappa shape index (κ1) is 20.0. The molecule has 3 rings (SSSR count). The number of carbonyl (C=O) groups excluding carboxylic acids is 1. The molecule has 1 N–H and O–H groups in total. The van der Waals surface area contributed by atoms with Gasteiger partial charge >= 0.3 is 0 Å². The molecular formula is C20H18ClN3O3S. The Morgan fingerprint density at radius 2 is 1.71 bits per heavy atom. The highest BCUT2D eigenvalue weighted by atomic mass is 35.5. The molecule has 2 aromatic carbocycles. The number of nitrogens with one attached hydrogen (secondary N) is 1. The molecule has 0 bridgehead atoms. The molecule has 0 fully saturated rings. The summed E-state index contributed by atoms with van der Waals surface area (Å²) in [7, 11) is -3.82. The van der Waals surface area contributed by atoms with Gasteiger partial charge in [0.2, 0.25) is 15.0 Å². The molecule has 28 heavy (non-hydrogen) atoms. The Hall–Kier alpha value is -2.77. The lowest BCUT2D eigenvalue weighted by molar-refractivity contribution is 0.0945. The highest BCUT2D eigenvalue weighted by Gasteiger charge is 2.22. The molecule has 0 saturated heterocycles. The standard InChI is InChI=1S/C20H18ClN3O3S/c1-14-7-9-15(10-8-14)11-22-19(25)18-17(21)12-23-20(24-18)28(26,27)13-16-5-3-2-4-6-16/h2-10,12H,11,13H2,1H3,(H,22,25). The van der Waals surface area contributed by atoms with Crippen LogP contribution in [0.3, 0.4) is 0 Å². The van der Waals surface area contributed by atoms with E-state index in [1.165, 1.54) is 0 Å². The largest absolute Gasteiger partial charge is 0.347 e. The summed E-state index contributed by atoms with van der Waals surface area (Å²) in [5.74, 6) is -0.830. The Morgan fingerprint density at radius 3 is 2.39 bits per heavy atom. The van der Waals surface area contributed by atoms with E-state index in [2.05, 4.69) is 15.3 Å². The molecule has 0 unspecified atom stereocenters. The van der Waals surface area contributed by atoms with Crippen LogP contribution in [0.25, 0.3) is 0 Å². The van der Waals surface area contributed by atoms with Crippen LogP contribution in [0, 0.1) is 6.92 Å². The predicted molar refractivity (Wildman–Crippen MR) is 107 cm³/mol. The lowest BCUT2D eigenvalue weighted by atomic mass is 10.1. The summed E-state index contributed by atoms with van der Waals surface area (Å²) in [5.41, 5.74) is 2.45. The number of halogens is 1. The Labute approximate surface area is 168 Å². The molecule has 1 aromatic heterocycles. The van der Waals surface area contributed by atoms with Crippen LogP contribution in [-0.2, 0) is 22.1 Å². The Morgan fingerprint density at radius 1 is 1.04 bits per heavy atom. The molecule has 0 radical (unpaired) electrons. The molecule has 0 aliphatic rings. The third-order valence-electron chi connectivity index (χ3n) is 3.99. The van der Waals surface area contributed by atoms with Gasteiger partial charge in [0, 0.05) is 6.54 Å². The van der Waals surface area contributed by atoms with Crippen molar-refractivity contribution < 1.29 is 13.2 Å². The fraction of sp³-hybridized carbons (Fsp3) is 0.150. The topological polar surface area (TPSA) is 89.0 Å². The molecule has 0 saturated carbocycles. The molecule has 0 spiro atoms. The summed E-state index contributed by atoms with van der Waals surface area (Å²) >= 11 is 6.02. The van der Waals surface area contributed by atoms with Crippen molar-refractivity contribution in [2.75, 3.05) is 0 Å². The summed E-state index contributed by atoms with van der Waals surface area (Å²) in [4.78, 5) is 20.2. The Balaban J connectivity index is 1.78. The van der Waals surface area contributed by atoms with E-state index in [4.69, 9.17) is 11.6 Å². The van der Waals surface area contributed by atoms with E-state index in [-0.39, 0.29) is 23.0 Å². The first-order valence-electron chi connectivity index (χ1n) is 8.48. The molecule has 0 aliphatic carbocycles. The van der Waals surface area contributed by atoms with E-state index in [1.54, 1.807) is 30.3 Å². The van der Waals surface area contributed by atoms with Crippen molar-refractivity contribution in [3.05, 3.63) is 88.2 Å². The summed E-state index contributed by atoms with van der Waals surface area (Å²) in [5, 5.41) is 2.25. The SMILES string of the molecule is Cc1ccc(CNC(=O)c2nc(S(=O)(=O)Cc3ccccc3)ncc2Cl)cc1. The van der Waals surface area contributed by atoms with Crippen molar-refractivity contribution in [3.63, 3.8) is 0 Å². The number of aryl methyl sites for hydroxylation is 1. The highest BCUT2D eigenvalue weighted by molar-refractivity contribution is 7.90. The zero-order valence-electron chi connectivity index (χ0n) is 15.1. The van der Waals surface area contributed by atoms with Crippen LogP contribution < -0.4 is 5.32 Å². The van der Waals surface area contributed by atoms with Crippen LogP contribution in [-0.4, -0.2) is 24.3 Å². The minimum atomic E-state index is -3.82. The number of hydrogen-bond donors (Lipinski definition) is 1. The monoisotopic (exact) mass is 415 g/mol. The molecule has 0 atom stereocenters. The van der Waals surface area contributed by atoms with E-state index >= 15 is 0 Å². The van der Waals surface area contributed by atoms with Gasteiger partial charge in [-0.3, -0.25) is 4.79 Å². The number of sulfone groups is 1. The molecule has 6 nitrogen and oxygen atoms in total. The fourth-order valence-corrected chi connectivity index (χ4v) is 3.87. The van der Waals surface area contributed by atoms with Gasteiger partial charge in [0.1, 0.15) is 0 Å². The van der Waals surface area contributed by atoms with Crippen molar-refractivity contribution in [2.24, 2.45) is 0 Å². The number of rotatable bonds is 6. The summed E-state index contributed by atoms with van der Waals surface area (Å²) in [6, 6.07) is 16.4. The number of hydrogen-bond acceptors (Lipinski definition) is 5. The lowest BCUT2D eigenvalue weighted by Crippen LogP contribution is -2.25. The summed E-state index contributed by atoms with van der Waals surface area (Å²) in [6.07, 6.45) is 1.13. The maximum atomic E-state index is 12.6. The summed E-state index contributed by atoms with van der Waals surface area (Å²) < 4.78 is 25.2. The maximum Gasteiger partial charge on any atom is 0.271 e. The van der Waals surface area contributed by atoms with E-state index in [1.807, 2.05) is 31.2 Å². The number of nitrogens with zero attached hydrogens (tertiary/aromatic N) is 2. The molecular weight excluding hydrogens is 398 g/mol. The Bertz CT molecular complexity index is 1090. The van der Waals surface area contributed by atoms with Gasteiger partial charge in [0.25, 0.3) is 5.91 Å². The predicted octanol–water partition coefficient (Wildman–Crippen LogP) is 3.34. The fourth-order valence-electron chi connectivity index (χ4n) is 2.49. The highest BCUT2D eigenvalue weighted by Crippen LogP contribution is 2.18. The number of benzene rings is 2. The minimum Gasteiger partial charge on any atom is -0.347 e. The first-order valence-corrected chi connectivity index (χ1v) is 10.5. The zero-order chi connectivity index (χ0) is 20.1. The van der Waals surface area contributed by atoms with Crippen LogP contribution in [0.2, 0.25) is 5.02 Å². The zero-order valence-corrected chi connectivity index (χ0v) is 16.7. The second kappa shape index (κ2) is 8.50. The van der Waals surface area contributed by atoms with Gasteiger partial charge in [-0.2, -0.15) is 0 Å². The molecule has 3 aromatic rings. The number of aromatic nitrogens is 2. The Kier molecular flexibility index (Phi) is 6.06. The molecule has 144 valence electrons. The van der Waals surface area contributed by atoms with Crippen molar-refractivity contribution in [3.8, 4) is 0 Å². The van der Waals surface area contributed by atoms with Crippen molar-refractivity contribution in [2.45, 2.75) is 24.4 Å². The quantitative estimate of drug-likeness (QED) is 0.623. The van der Waals surface area contributed by atoms with E-state index in [9.17, 15) is 13.2 Å². The normalized spacial score (nSPS) is 11.2. The van der Waals surface area contributed by atoms with Crippen molar-refractivity contribution in [1.82, 2.24) is 15.3 Å². The molecule has 1 amide bonds. The average Bonchev–Trinajstić information content (AvgIpc) is 2.68. The second-order valence-corrected chi connectivity index (χ2v) is 8.55. The van der Waals surface area contributed by atoms with Gasteiger partial charge in [-0.25, -0.2) is 18.4 Å². The average molecular weight is 416 g/mol. The minimum absolute atomic E-state index is 0.0138. The molecule has 8 heteroatoms. The van der Waals surface area contributed by atoms with Crippen LogP contribution in [0.15, 0.2) is 66.0 Å². The maximum absolute atomic E-state index is 12.6. The van der Waals surface area contributed by atoms with Crippen LogP contribution >= 0.6 is 11.6 Å². The number of amides is 1. The second-order valence-electron chi connectivity index (χ2n) is 6.26. The van der Waals surface area contributed by atoms with Crippen LogP contribution in [0.1, 0.15) is 27.2 Å². The summed E-state index contributed by atoms with van der Waals surface area (Å²) in [6.45, 7) is 2.24. The van der Waals surface area contributed by atoms with Crippen molar-refractivity contribution in [1.29, 1.82) is 0 Å². The third-order valence-corrected chi connectivity index (χ3v) is 5.73.